The second-order valence-corrected chi connectivity index (χ2v) is 11.3. The number of aromatic nitrogens is 2. The molecule has 4 rings (SSSR count). The molecule has 2 N–H and O–H groups in total. The highest BCUT2D eigenvalue weighted by Crippen LogP contribution is 2.44. The predicted molar refractivity (Wildman–Crippen MR) is 141 cm³/mol. The largest absolute Gasteiger partial charge is 0.346 e. The zero-order valence-electron chi connectivity index (χ0n) is 22.5. The van der Waals surface area contributed by atoms with E-state index in [4.69, 9.17) is 4.98 Å². The number of carbonyl (C=O) groups is 3. The maximum Gasteiger partial charge on any atom is 0.225 e. The highest BCUT2D eigenvalue weighted by atomic mass is 16.2. The first-order valence-corrected chi connectivity index (χ1v) is 13.8. The SMILES string of the molecule is CC[C@H]1CCCCN1C(=O)C[C@H](NC(=O)C1CC1C(C)C)C(=O)C[C@@H](C)c1nc2c(C)cccc2[nH]1. The van der Waals surface area contributed by atoms with Gasteiger partial charge in [-0.2, -0.15) is 0 Å². The van der Waals surface area contributed by atoms with Gasteiger partial charge in [0.15, 0.2) is 5.78 Å². The Bertz CT molecular complexity index is 1110. The first-order chi connectivity index (χ1) is 17.2. The summed E-state index contributed by atoms with van der Waals surface area (Å²) in [5.74, 6) is 1.14. The molecule has 2 unspecified atom stereocenters. The number of carbonyl (C=O) groups excluding carboxylic acids is 3. The predicted octanol–water partition coefficient (Wildman–Crippen LogP) is 4.89. The van der Waals surface area contributed by atoms with Crippen LogP contribution in [0, 0.1) is 24.7 Å². The van der Waals surface area contributed by atoms with E-state index in [0.717, 1.165) is 61.1 Å². The summed E-state index contributed by atoms with van der Waals surface area (Å²) in [5.41, 5.74) is 2.95. The second kappa shape index (κ2) is 11.1. The molecular formula is C29H42N4O3. The highest BCUT2D eigenvalue weighted by Gasteiger charge is 2.45. The van der Waals surface area contributed by atoms with Gasteiger partial charge in [-0.15, -0.1) is 0 Å². The molecule has 1 saturated heterocycles. The van der Waals surface area contributed by atoms with Gasteiger partial charge in [0, 0.05) is 30.8 Å². The topological polar surface area (TPSA) is 95.2 Å². The van der Waals surface area contributed by atoms with Crippen molar-refractivity contribution >= 4 is 28.6 Å². The molecule has 7 heteroatoms. The third-order valence-corrected chi connectivity index (χ3v) is 8.24. The summed E-state index contributed by atoms with van der Waals surface area (Å²) in [6, 6.07) is 5.42. The van der Waals surface area contributed by atoms with Crippen molar-refractivity contribution in [3.63, 3.8) is 0 Å². The van der Waals surface area contributed by atoms with E-state index in [1.807, 2.05) is 36.9 Å². The van der Waals surface area contributed by atoms with Crippen molar-refractivity contribution in [3.05, 3.63) is 29.6 Å². The van der Waals surface area contributed by atoms with E-state index in [1.54, 1.807) is 0 Å². The monoisotopic (exact) mass is 494 g/mol. The fourth-order valence-corrected chi connectivity index (χ4v) is 5.79. The number of H-pyrrole nitrogens is 1. The molecule has 36 heavy (non-hydrogen) atoms. The van der Waals surface area contributed by atoms with Crippen LogP contribution in [0.25, 0.3) is 11.0 Å². The lowest BCUT2D eigenvalue weighted by Gasteiger charge is -2.36. The Hall–Kier alpha value is -2.70. The number of piperidine rings is 1. The highest BCUT2D eigenvalue weighted by molar-refractivity contribution is 5.94. The minimum atomic E-state index is -0.800. The molecule has 1 aromatic heterocycles. The summed E-state index contributed by atoms with van der Waals surface area (Å²) >= 11 is 0. The van der Waals surface area contributed by atoms with Crippen LogP contribution in [0.4, 0.5) is 0 Å². The average molecular weight is 495 g/mol. The summed E-state index contributed by atoms with van der Waals surface area (Å²) in [6.07, 6.45) is 5.16. The van der Waals surface area contributed by atoms with Crippen LogP contribution in [0.3, 0.4) is 0 Å². The Morgan fingerprint density at radius 2 is 1.94 bits per heavy atom. The number of amides is 2. The summed E-state index contributed by atoms with van der Waals surface area (Å²) in [6.45, 7) is 11.1. The van der Waals surface area contributed by atoms with Crippen LogP contribution in [-0.4, -0.2) is 51.1 Å². The number of hydrogen-bond acceptors (Lipinski definition) is 4. The molecule has 1 saturated carbocycles. The van der Waals surface area contributed by atoms with E-state index in [0.29, 0.717) is 11.8 Å². The van der Waals surface area contributed by atoms with Gasteiger partial charge in [-0.1, -0.05) is 39.8 Å². The number of likely N-dealkylation sites (tertiary alicyclic amines) is 1. The van der Waals surface area contributed by atoms with Gasteiger partial charge in [0.05, 0.1) is 23.5 Å². The minimum absolute atomic E-state index is 0.0246. The smallest absolute Gasteiger partial charge is 0.225 e. The van der Waals surface area contributed by atoms with Gasteiger partial charge in [0.2, 0.25) is 11.8 Å². The van der Waals surface area contributed by atoms with Gasteiger partial charge in [-0.05, 0) is 62.5 Å². The van der Waals surface area contributed by atoms with Crippen molar-refractivity contribution in [1.82, 2.24) is 20.2 Å². The standard InChI is InChI=1S/C29H42N4O3/c1-6-20-11-7-8-13-33(20)26(35)16-24(31-29(36)22-15-21(22)17(2)3)25(34)14-19(5)28-30-23-12-9-10-18(4)27(23)32-28/h9-10,12,17,19-22,24H,6-8,11,13-16H2,1-5H3,(H,30,32)(H,31,36)/t19-,20+,21?,22?,24+/m1/s1. The van der Waals surface area contributed by atoms with Gasteiger partial charge in [0.1, 0.15) is 5.82 Å². The van der Waals surface area contributed by atoms with Crippen molar-refractivity contribution < 1.29 is 14.4 Å². The number of rotatable bonds is 10. The number of Topliss-reactive ketones (excluding diaryl/α,β-unsaturated/α-hetero) is 1. The molecular weight excluding hydrogens is 452 g/mol. The number of ketones is 1. The molecule has 5 atom stereocenters. The quantitative estimate of drug-likeness (QED) is 0.491. The zero-order valence-corrected chi connectivity index (χ0v) is 22.5. The summed E-state index contributed by atoms with van der Waals surface area (Å²) in [7, 11) is 0. The third-order valence-electron chi connectivity index (χ3n) is 8.24. The fourth-order valence-electron chi connectivity index (χ4n) is 5.79. The number of fused-ring (bicyclic) bond motifs is 1. The maximum atomic E-state index is 13.5. The van der Waals surface area contributed by atoms with Gasteiger partial charge in [-0.3, -0.25) is 14.4 Å². The van der Waals surface area contributed by atoms with Gasteiger partial charge >= 0.3 is 0 Å². The lowest BCUT2D eigenvalue weighted by atomic mass is 9.95. The van der Waals surface area contributed by atoms with Crippen molar-refractivity contribution in [2.24, 2.45) is 17.8 Å². The Kier molecular flexibility index (Phi) is 8.16. The lowest BCUT2D eigenvalue weighted by molar-refractivity contribution is -0.138. The molecule has 1 aromatic carbocycles. The van der Waals surface area contributed by atoms with E-state index in [1.165, 1.54) is 0 Å². The molecule has 7 nitrogen and oxygen atoms in total. The van der Waals surface area contributed by atoms with Crippen LogP contribution >= 0.6 is 0 Å². The molecule has 0 spiro atoms. The molecule has 2 aliphatic rings. The van der Waals surface area contributed by atoms with Crippen molar-refractivity contribution in [3.8, 4) is 0 Å². The Labute approximate surface area is 214 Å². The van der Waals surface area contributed by atoms with E-state index in [9.17, 15) is 14.4 Å². The van der Waals surface area contributed by atoms with Crippen LogP contribution in [0.2, 0.25) is 0 Å². The number of benzene rings is 1. The first-order valence-electron chi connectivity index (χ1n) is 13.8. The number of para-hydroxylation sites is 1. The van der Waals surface area contributed by atoms with E-state index < -0.39 is 6.04 Å². The molecule has 2 heterocycles. The van der Waals surface area contributed by atoms with Crippen molar-refractivity contribution in [2.75, 3.05) is 6.54 Å². The van der Waals surface area contributed by atoms with Crippen LogP contribution in [-0.2, 0) is 14.4 Å². The van der Waals surface area contributed by atoms with Crippen molar-refractivity contribution in [1.29, 1.82) is 0 Å². The van der Waals surface area contributed by atoms with E-state index >= 15 is 0 Å². The van der Waals surface area contributed by atoms with E-state index in [2.05, 4.69) is 31.1 Å². The van der Waals surface area contributed by atoms with Crippen LogP contribution < -0.4 is 5.32 Å². The zero-order chi connectivity index (χ0) is 26.0. The molecule has 2 aromatic rings. The number of aryl methyl sites for hydroxylation is 1. The molecule has 2 fully saturated rings. The maximum absolute atomic E-state index is 13.5. The Morgan fingerprint density at radius 3 is 2.61 bits per heavy atom. The first kappa shape index (κ1) is 26.4. The van der Waals surface area contributed by atoms with Crippen LogP contribution in [0.1, 0.15) is 89.9 Å². The minimum Gasteiger partial charge on any atom is -0.346 e. The van der Waals surface area contributed by atoms with Gasteiger partial charge in [-0.25, -0.2) is 4.98 Å². The number of aromatic amines is 1. The number of nitrogens with one attached hydrogen (secondary N) is 2. The third kappa shape index (κ3) is 5.81. The number of imidazole rings is 1. The van der Waals surface area contributed by atoms with Crippen LogP contribution in [0.5, 0.6) is 0 Å². The average Bonchev–Trinajstić information content (AvgIpc) is 3.55. The Balaban J connectivity index is 1.48. The molecule has 196 valence electrons. The molecule has 0 radical (unpaired) electrons. The molecule has 1 aliphatic carbocycles. The van der Waals surface area contributed by atoms with Crippen molar-refractivity contribution in [2.45, 2.75) is 97.6 Å². The second-order valence-electron chi connectivity index (χ2n) is 11.3. The van der Waals surface area contributed by atoms with Gasteiger partial charge < -0.3 is 15.2 Å². The number of nitrogens with zero attached hydrogens (tertiary/aromatic N) is 2. The summed E-state index contributed by atoms with van der Waals surface area (Å²) in [4.78, 5) is 49.9. The Morgan fingerprint density at radius 1 is 1.17 bits per heavy atom. The summed E-state index contributed by atoms with van der Waals surface area (Å²) in [5, 5.41) is 2.99. The summed E-state index contributed by atoms with van der Waals surface area (Å²) < 4.78 is 0. The van der Waals surface area contributed by atoms with E-state index in [-0.39, 0.29) is 48.3 Å². The fraction of sp³-hybridized carbons (Fsp3) is 0.655. The normalized spacial score (nSPS) is 23.5. The molecule has 1 aliphatic heterocycles. The van der Waals surface area contributed by atoms with Crippen LogP contribution in [0.15, 0.2) is 18.2 Å². The van der Waals surface area contributed by atoms with Gasteiger partial charge in [0.25, 0.3) is 0 Å². The molecule has 2 amide bonds. The number of hydrogen-bond donors (Lipinski definition) is 2. The lowest BCUT2D eigenvalue weighted by Crippen LogP contribution is -2.49. The molecule has 0 bridgehead atoms.